The van der Waals surface area contributed by atoms with E-state index in [1.807, 2.05) is 51.1 Å². The summed E-state index contributed by atoms with van der Waals surface area (Å²) in [5, 5.41) is 4.41. The van der Waals surface area contributed by atoms with E-state index in [-0.39, 0.29) is 18.5 Å². The van der Waals surface area contributed by atoms with Gasteiger partial charge < -0.3 is 19.2 Å². The fraction of sp³-hybridized carbons (Fsp3) is 0.227. The monoisotopic (exact) mass is 404 g/mol. The minimum absolute atomic E-state index is 0.0869. The molecule has 4 aromatic rings. The molecule has 0 radical (unpaired) electrons. The summed E-state index contributed by atoms with van der Waals surface area (Å²) in [6, 6.07) is 10.8. The maximum atomic E-state index is 12.9. The molecule has 4 heterocycles. The van der Waals surface area contributed by atoms with Crippen molar-refractivity contribution in [1.29, 1.82) is 0 Å². The van der Waals surface area contributed by atoms with Gasteiger partial charge in [0.25, 0.3) is 5.56 Å². The van der Waals surface area contributed by atoms with Crippen LogP contribution in [0.3, 0.4) is 0 Å². The fourth-order valence-corrected chi connectivity index (χ4v) is 3.62. The van der Waals surface area contributed by atoms with Gasteiger partial charge in [0, 0.05) is 17.8 Å². The first-order chi connectivity index (χ1) is 14.5. The Kier molecular flexibility index (Phi) is 4.20. The number of hydrogen-bond donors (Lipinski definition) is 1. The minimum atomic E-state index is -0.253. The van der Waals surface area contributed by atoms with Gasteiger partial charge in [0.05, 0.1) is 28.7 Å². The molecule has 0 saturated carbocycles. The number of pyridine rings is 1. The molecular weight excluding hydrogens is 384 g/mol. The van der Waals surface area contributed by atoms with E-state index >= 15 is 0 Å². The molecule has 3 aromatic heterocycles. The lowest BCUT2D eigenvalue weighted by Crippen LogP contribution is -2.15. The number of H-pyrrole nitrogens is 1. The standard InChI is InChI=1S/C22H20N4O4/c1-12(2)30-20-14(7-8-17-21(20)29-11-28-17)16-10-18(27)26-22(24-16)19(13(3)25-26)15-6-4-5-9-23-15/h4-10,12,24H,11H2,1-3H3. The van der Waals surface area contributed by atoms with Crippen molar-refractivity contribution in [3.05, 3.63) is 58.6 Å². The number of nitrogens with one attached hydrogen (secondary N) is 1. The van der Waals surface area contributed by atoms with E-state index in [1.165, 1.54) is 10.6 Å². The summed E-state index contributed by atoms with van der Waals surface area (Å²) in [4.78, 5) is 20.7. The molecule has 0 spiro atoms. The molecule has 8 heteroatoms. The number of aromatic nitrogens is 4. The number of nitrogens with zero attached hydrogens (tertiary/aromatic N) is 3. The van der Waals surface area contributed by atoms with Crippen LogP contribution in [0.2, 0.25) is 0 Å². The summed E-state index contributed by atoms with van der Waals surface area (Å²) in [5.74, 6) is 1.69. The highest BCUT2D eigenvalue weighted by Gasteiger charge is 2.25. The van der Waals surface area contributed by atoms with E-state index in [4.69, 9.17) is 14.2 Å². The van der Waals surface area contributed by atoms with Crippen LogP contribution in [0.15, 0.2) is 47.4 Å². The fourth-order valence-electron chi connectivity index (χ4n) is 3.62. The highest BCUT2D eigenvalue weighted by Crippen LogP contribution is 2.47. The van der Waals surface area contributed by atoms with Crippen molar-refractivity contribution in [2.24, 2.45) is 0 Å². The third-order valence-electron chi connectivity index (χ3n) is 4.85. The van der Waals surface area contributed by atoms with Crippen LogP contribution in [0, 0.1) is 6.92 Å². The van der Waals surface area contributed by atoms with E-state index < -0.39 is 0 Å². The number of benzene rings is 1. The second-order valence-electron chi connectivity index (χ2n) is 7.30. The number of fused-ring (bicyclic) bond motifs is 2. The molecule has 1 aromatic carbocycles. The van der Waals surface area contributed by atoms with Gasteiger partial charge in [-0.25, -0.2) is 0 Å². The highest BCUT2D eigenvalue weighted by atomic mass is 16.7. The van der Waals surface area contributed by atoms with Crippen molar-refractivity contribution < 1.29 is 14.2 Å². The predicted octanol–water partition coefficient (Wildman–Crippen LogP) is 3.58. The normalized spacial score (nSPS) is 12.7. The van der Waals surface area contributed by atoms with E-state index in [9.17, 15) is 4.79 Å². The zero-order chi connectivity index (χ0) is 20.8. The van der Waals surface area contributed by atoms with Crippen molar-refractivity contribution >= 4 is 5.65 Å². The van der Waals surface area contributed by atoms with Crippen LogP contribution >= 0.6 is 0 Å². The average molecular weight is 404 g/mol. The molecular formula is C22H20N4O4. The highest BCUT2D eigenvalue weighted by molar-refractivity contribution is 5.81. The Morgan fingerprint density at radius 3 is 2.83 bits per heavy atom. The van der Waals surface area contributed by atoms with E-state index in [0.29, 0.717) is 39.8 Å². The zero-order valence-corrected chi connectivity index (χ0v) is 16.8. The largest absolute Gasteiger partial charge is 0.486 e. The Labute approximate surface area is 172 Å². The van der Waals surface area contributed by atoms with Crippen LogP contribution in [0.4, 0.5) is 0 Å². The Bertz CT molecular complexity index is 1310. The maximum Gasteiger partial charge on any atom is 0.274 e. The van der Waals surface area contributed by atoms with Gasteiger partial charge >= 0.3 is 0 Å². The van der Waals surface area contributed by atoms with Gasteiger partial charge in [-0.3, -0.25) is 9.78 Å². The third-order valence-corrected chi connectivity index (χ3v) is 4.85. The molecule has 30 heavy (non-hydrogen) atoms. The third kappa shape index (κ3) is 2.88. The summed E-state index contributed by atoms with van der Waals surface area (Å²) in [6.45, 7) is 5.86. The number of ether oxygens (including phenoxy) is 3. The van der Waals surface area contributed by atoms with Gasteiger partial charge in [-0.05, 0) is 45.0 Å². The van der Waals surface area contributed by atoms with Crippen molar-refractivity contribution in [2.75, 3.05) is 6.79 Å². The minimum Gasteiger partial charge on any atom is -0.486 e. The molecule has 0 saturated heterocycles. The van der Waals surface area contributed by atoms with Crippen LogP contribution in [0.5, 0.6) is 17.2 Å². The first-order valence-corrected chi connectivity index (χ1v) is 9.66. The van der Waals surface area contributed by atoms with Gasteiger partial charge in [-0.2, -0.15) is 9.61 Å². The molecule has 0 atom stereocenters. The molecule has 5 rings (SSSR count). The van der Waals surface area contributed by atoms with Gasteiger partial charge in [-0.1, -0.05) is 6.07 Å². The Hall–Kier alpha value is -3.81. The topological polar surface area (TPSA) is 90.7 Å². The molecule has 0 bridgehead atoms. The molecule has 152 valence electrons. The summed E-state index contributed by atoms with van der Waals surface area (Å²) >= 11 is 0. The van der Waals surface area contributed by atoms with Crippen molar-refractivity contribution in [1.82, 2.24) is 19.6 Å². The molecule has 1 aliphatic rings. The smallest absolute Gasteiger partial charge is 0.274 e. The quantitative estimate of drug-likeness (QED) is 0.559. The number of aromatic amines is 1. The second kappa shape index (κ2) is 6.91. The Morgan fingerprint density at radius 2 is 2.07 bits per heavy atom. The van der Waals surface area contributed by atoms with Gasteiger partial charge in [0.1, 0.15) is 5.65 Å². The van der Waals surface area contributed by atoms with Crippen LogP contribution in [-0.2, 0) is 0 Å². The van der Waals surface area contributed by atoms with Gasteiger partial charge in [0.2, 0.25) is 12.5 Å². The Morgan fingerprint density at radius 1 is 1.20 bits per heavy atom. The lowest BCUT2D eigenvalue weighted by Gasteiger charge is -2.16. The first kappa shape index (κ1) is 18.2. The average Bonchev–Trinajstić information content (AvgIpc) is 3.33. The van der Waals surface area contributed by atoms with Gasteiger partial charge in [-0.15, -0.1) is 0 Å². The van der Waals surface area contributed by atoms with E-state index in [1.54, 1.807) is 6.20 Å². The summed E-state index contributed by atoms with van der Waals surface area (Å²) in [6.07, 6.45) is 1.63. The molecule has 0 aliphatic carbocycles. The van der Waals surface area contributed by atoms with Crippen LogP contribution < -0.4 is 19.8 Å². The van der Waals surface area contributed by atoms with Crippen LogP contribution in [0.1, 0.15) is 19.5 Å². The molecule has 8 nitrogen and oxygen atoms in total. The second-order valence-corrected chi connectivity index (χ2v) is 7.30. The lowest BCUT2D eigenvalue weighted by atomic mass is 10.1. The molecule has 0 amide bonds. The number of aryl methyl sites for hydroxylation is 1. The lowest BCUT2D eigenvalue weighted by molar-refractivity contribution is 0.166. The van der Waals surface area contributed by atoms with E-state index in [0.717, 1.165) is 11.3 Å². The summed E-state index contributed by atoms with van der Waals surface area (Å²) in [5.41, 5.74) is 3.85. The maximum absolute atomic E-state index is 12.9. The van der Waals surface area contributed by atoms with Crippen LogP contribution in [0.25, 0.3) is 28.2 Å². The zero-order valence-electron chi connectivity index (χ0n) is 16.8. The van der Waals surface area contributed by atoms with Crippen molar-refractivity contribution in [2.45, 2.75) is 26.9 Å². The molecule has 1 aliphatic heterocycles. The number of rotatable bonds is 4. The van der Waals surface area contributed by atoms with Gasteiger partial charge in [0.15, 0.2) is 11.5 Å². The molecule has 0 fully saturated rings. The van der Waals surface area contributed by atoms with Crippen molar-refractivity contribution in [3.63, 3.8) is 0 Å². The SMILES string of the molecule is Cc1nn2c(=O)cc(-c3ccc4c(c3OC(C)C)OCO4)[nH]c2c1-c1ccccn1. The first-order valence-electron chi connectivity index (χ1n) is 9.66. The molecule has 0 unspecified atom stereocenters. The predicted molar refractivity (Wildman–Crippen MR) is 111 cm³/mol. The van der Waals surface area contributed by atoms with E-state index in [2.05, 4.69) is 15.1 Å². The number of hydrogen-bond acceptors (Lipinski definition) is 6. The molecule has 1 N–H and O–H groups in total. The summed E-state index contributed by atoms with van der Waals surface area (Å²) in [7, 11) is 0. The van der Waals surface area contributed by atoms with Crippen LogP contribution in [-0.4, -0.2) is 32.5 Å². The van der Waals surface area contributed by atoms with Crippen molar-refractivity contribution in [3.8, 4) is 39.8 Å². The Balaban J connectivity index is 1.76. The summed E-state index contributed by atoms with van der Waals surface area (Å²) < 4.78 is 18.5.